The number of aromatic nitrogens is 3. The van der Waals surface area contributed by atoms with Crippen molar-refractivity contribution in [2.45, 2.75) is 17.0 Å². The molecular weight excluding hydrogens is 358 g/mol. The summed E-state index contributed by atoms with van der Waals surface area (Å²) in [5.74, 6) is 1.71. The highest BCUT2D eigenvalue weighted by atomic mass is 32.2. The van der Waals surface area contributed by atoms with Crippen LogP contribution in [0.15, 0.2) is 70.4 Å². The van der Waals surface area contributed by atoms with Crippen molar-refractivity contribution in [3.63, 3.8) is 0 Å². The van der Waals surface area contributed by atoms with Crippen molar-refractivity contribution < 1.29 is 4.74 Å². The van der Waals surface area contributed by atoms with Crippen LogP contribution in [0.5, 0.6) is 5.75 Å². The summed E-state index contributed by atoms with van der Waals surface area (Å²) < 4.78 is 7.67. The molecule has 134 valence electrons. The molecule has 1 unspecified atom stereocenters. The van der Waals surface area contributed by atoms with Crippen LogP contribution in [0.3, 0.4) is 0 Å². The van der Waals surface area contributed by atoms with Crippen LogP contribution in [0.4, 0.5) is 5.69 Å². The zero-order valence-corrected chi connectivity index (χ0v) is 15.3. The number of nitrogens with one attached hydrogen (secondary N) is 1. The molecule has 27 heavy (non-hydrogen) atoms. The molecule has 0 radical (unpaired) electrons. The Bertz CT molecular complexity index is 1030. The lowest BCUT2D eigenvalue weighted by Gasteiger charge is -2.23. The Morgan fingerprint density at radius 3 is 2.85 bits per heavy atom. The van der Waals surface area contributed by atoms with Crippen molar-refractivity contribution in [1.29, 1.82) is 0 Å². The van der Waals surface area contributed by atoms with Gasteiger partial charge in [0.1, 0.15) is 12.4 Å². The third-order valence-electron chi connectivity index (χ3n) is 4.47. The summed E-state index contributed by atoms with van der Waals surface area (Å²) in [6.07, 6.45) is 4.13. The number of hydrogen-bond acceptors (Lipinski definition) is 6. The number of nitrogens with zero attached hydrogens (tertiary/aromatic N) is 4. The van der Waals surface area contributed by atoms with Crippen LogP contribution in [0.2, 0.25) is 0 Å². The molecule has 1 N–H and O–H groups in total. The van der Waals surface area contributed by atoms with E-state index in [0.717, 1.165) is 28.0 Å². The van der Waals surface area contributed by atoms with Crippen LogP contribution < -0.4 is 10.1 Å². The number of thioether (sulfide) groups is 1. The van der Waals surface area contributed by atoms with Crippen molar-refractivity contribution in [2.24, 2.45) is 5.10 Å². The Balaban J connectivity index is 1.33. The highest BCUT2D eigenvalue weighted by molar-refractivity contribution is 8.00. The molecule has 3 heterocycles. The first-order chi connectivity index (χ1) is 13.4. The number of hydrogen-bond donors (Lipinski definition) is 1. The molecule has 0 saturated carbocycles. The van der Waals surface area contributed by atoms with E-state index in [1.54, 1.807) is 16.4 Å². The number of fused-ring (bicyclic) bond motifs is 2. The molecule has 0 bridgehead atoms. The van der Waals surface area contributed by atoms with Crippen LogP contribution in [-0.4, -0.2) is 32.9 Å². The van der Waals surface area contributed by atoms with Gasteiger partial charge in [-0.2, -0.15) is 9.78 Å². The first-order valence-electron chi connectivity index (χ1n) is 8.73. The van der Waals surface area contributed by atoms with E-state index in [-0.39, 0.29) is 5.25 Å². The van der Waals surface area contributed by atoms with Gasteiger partial charge in [0.05, 0.1) is 11.8 Å². The van der Waals surface area contributed by atoms with E-state index in [1.165, 1.54) is 5.57 Å². The van der Waals surface area contributed by atoms with Gasteiger partial charge in [0.25, 0.3) is 0 Å². The van der Waals surface area contributed by atoms with Gasteiger partial charge in [-0.1, -0.05) is 48.2 Å². The molecule has 1 aromatic heterocycles. The maximum atomic E-state index is 5.87. The Morgan fingerprint density at radius 2 is 1.93 bits per heavy atom. The largest absolute Gasteiger partial charge is 0.489 e. The van der Waals surface area contributed by atoms with E-state index >= 15 is 0 Å². The summed E-state index contributed by atoms with van der Waals surface area (Å²) in [7, 11) is 0. The van der Waals surface area contributed by atoms with E-state index < -0.39 is 0 Å². The molecule has 5 rings (SSSR count). The lowest BCUT2D eigenvalue weighted by atomic mass is 10.1. The van der Waals surface area contributed by atoms with E-state index in [1.807, 2.05) is 54.7 Å². The minimum Gasteiger partial charge on any atom is -0.489 e. The molecule has 0 aliphatic carbocycles. The average molecular weight is 375 g/mol. The number of rotatable bonds is 4. The van der Waals surface area contributed by atoms with Crippen LogP contribution in [0.25, 0.3) is 6.08 Å². The van der Waals surface area contributed by atoms with Crippen LogP contribution >= 0.6 is 11.8 Å². The molecule has 6 nitrogen and oxygen atoms in total. The van der Waals surface area contributed by atoms with Gasteiger partial charge < -0.3 is 10.1 Å². The smallest absolute Gasteiger partial charge is 0.213 e. The SMILES string of the molecule is C1=Nn2c(CNc3ccccc3)nnc2SC1C1=Cc2ccccc2OC1. The van der Waals surface area contributed by atoms with Gasteiger partial charge in [0.15, 0.2) is 5.82 Å². The lowest BCUT2D eigenvalue weighted by Crippen LogP contribution is -2.22. The van der Waals surface area contributed by atoms with Gasteiger partial charge in [-0.3, -0.25) is 0 Å². The average Bonchev–Trinajstić information content (AvgIpc) is 3.15. The van der Waals surface area contributed by atoms with Crippen molar-refractivity contribution in [3.05, 3.63) is 71.6 Å². The molecule has 2 aliphatic rings. The number of anilines is 1. The van der Waals surface area contributed by atoms with Gasteiger partial charge in [-0.05, 0) is 29.8 Å². The van der Waals surface area contributed by atoms with Crippen LogP contribution in [-0.2, 0) is 6.54 Å². The van der Waals surface area contributed by atoms with Crippen molar-refractivity contribution >= 4 is 29.7 Å². The Kier molecular flexibility index (Phi) is 4.14. The number of benzene rings is 2. The Morgan fingerprint density at radius 1 is 1.07 bits per heavy atom. The quantitative estimate of drug-likeness (QED) is 0.754. The van der Waals surface area contributed by atoms with E-state index in [9.17, 15) is 0 Å². The fourth-order valence-corrected chi connectivity index (χ4v) is 4.04. The zero-order chi connectivity index (χ0) is 18.1. The van der Waals surface area contributed by atoms with Gasteiger partial charge in [0, 0.05) is 17.5 Å². The van der Waals surface area contributed by atoms with Gasteiger partial charge in [-0.25, -0.2) is 0 Å². The third kappa shape index (κ3) is 3.21. The highest BCUT2D eigenvalue weighted by Crippen LogP contribution is 2.34. The third-order valence-corrected chi connectivity index (χ3v) is 5.61. The first-order valence-corrected chi connectivity index (χ1v) is 9.61. The fourth-order valence-electron chi connectivity index (χ4n) is 3.07. The second-order valence-electron chi connectivity index (χ2n) is 6.28. The number of para-hydroxylation sites is 2. The first kappa shape index (κ1) is 16.1. The molecular formula is C20H17N5OS. The highest BCUT2D eigenvalue weighted by Gasteiger charge is 2.26. The number of ether oxygens (including phenoxy) is 1. The predicted molar refractivity (Wildman–Crippen MR) is 107 cm³/mol. The molecule has 2 aliphatic heterocycles. The van der Waals surface area contributed by atoms with Crippen molar-refractivity contribution in [3.8, 4) is 5.75 Å². The van der Waals surface area contributed by atoms with Crippen molar-refractivity contribution in [1.82, 2.24) is 14.9 Å². The van der Waals surface area contributed by atoms with Crippen LogP contribution in [0, 0.1) is 0 Å². The Labute approximate surface area is 161 Å². The normalized spacial score (nSPS) is 17.5. The summed E-state index contributed by atoms with van der Waals surface area (Å²) >= 11 is 1.64. The van der Waals surface area contributed by atoms with E-state index in [2.05, 4.69) is 32.8 Å². The molecule has 7 heteroatoms. The summed E-state index contributed by atoms with van der Waals surface area (Å²) in [4.78, 5) is 0. The standard InChI is InChI=1S/C20H17N5OS/c1-2-7-16(8-3-1)21-12-19-23-24-20-25(19)22-11-18(27-20)15-10-14-6-4-5-9-17(14)26-13-15/h1-11,18,21H,12-13H2. The molecule has 0 amide bonds. The maximum Gasteiger partial charge on any atom is 0.213 e. The summed E-state index contributed by atoms with van der Waals surface area (Å²) in [6, 6.07) is 18.1. The zero-order valence-electron chi connectivity index (χ0n) is 14.4. The minimum atomic E-state index is 0.102. The van der Waals surface area contributed by atoms with Crippen LogP contribution in [0.1, 0.15) is 11.4 Å². The van der Waals surface area contributed by atoms with E-state index in [4.69, 9.17) is 4.74 Å². The molecule has 3 aromatic rings. The predicted octanol–water partition coefficient (Wildman–Crippen LogP) is 3.67. The molecule has 0 spiro atoms. The second-order valence-corrected chi connectivity index (χ2v) is 7.39. The molecule has 0 fully saturated rings. The monoisotopic (exact) mass is 375 g/mol. The molecule has 1 atom stereocenters. The molecule has 0 saturated heterocycles. The maximum absolute atomic E-state index is 5.87. The fraction of sp³-hybridized carbons (Fsp3) is 0.150. The topological polar surface area (TPSA) is 64.3 Å². The van der Waals surface area contributed by atoms with E-state index in [0.29, 0.717) is 13.2 Å². The van der Waals surface area contributed by atoms with Gasteiger partial charge >= 0.3 is 0 Å². The van der Waals surface area contributed by atoms with Crippen molar-refractivity contribution in [2.75, 3.05) is 11.9 Å². The Hall–Kier alpha value is -3.06. The summed E-state index contributed by atoms with van der Waals surface area (Å²) in [5, 5.41) is 17.4. The van der Waals surface area contributed by atoms with Gasteiger partial charge in [0.2, 0.25) is 5.16 Å². The van der Waals surface area contributed by atoms with Gasteiger partial charge in [-0.15, -0.1) is 10.2 Å². The summed E-state index contributed by atoms with van der Waals surface area (Å²) in [6.45, 7) is 1.13. The molecule has 2 aromatic carbocycles. The summed E-state index contributed by atoms with van der Waals surface area (Å²) in [5.41, 5.74) is 3.33. The minimum absolute atomic E-state index is 0.102. The lowest BCUT2D eigenvalue weighted by molar-refractivity contribution is 0.346. The second kappa shape index (κ2) is 6.92.